The van der Waals surface area contributed by atoms with E-state index in [2.05, 4.69) is 4.98 Å². The number of piperidine rings is 1. The van der Waals surface area contributed by atoms with Gasteiger partial charge in [-0.1, -0.05) is 0 Å². The van der Waals surface area contributed by atoms with Crippen LogP contribution in [0.5, 0.6) is 5.75 Å². The second-order valence-electron chi connectivity index (χ2n) is 8.12. The Morgan fingerprint density at radius 1 is 1.13 bits per heavy atom. The third-order valence-electron chi connectivity index (χ3n) is 6.24. The Labute approximate surface area is 178 Å². The van der Waals surface area contributed by atoms with Crippen LogP contribution in [-0.2, 0) is 13.5 Å². The molecule has 1 amide bonds. The zero-order valence-corrected chi connectivity index (χ0v) is 17.3. The highest BCUT2D eigenvalue weighted by atomic mass is 19.1. The molecule has 2 atom stereocenters. The van der Waals surface area contributed by atoms with Crippen LogP contribution in [0.15, 0.2) is 36.7 Å². The van der Waals surface area contributed by atoms with E-state index in [1.807, 2.05) is 4.90 Å². The van der Waals surface area contributed by atoms with Gasteiger partial charge in [0.05, 0.1) is 36.3 Å². The Hall–Kier alpha value is -3.29. The zero-order chi connectivity index (χ0) is 21.7. The molecular formula is C23H22F2N4O2. The van der Waals surface area contributed by atoms with Crippen LogP contribution < -0.4 is 4.74 Å². The predicted octanol–water partition coefficient (Wildman–Crippen LogP) is 4.06. The summed E-state index contributed by atoms with van der Waals surface area (Å²) in [6.07, 6.45) is 6.36. The van der Waals surface area contributed by atoms with E-state index < -0.39 is 11.6 Å². The predicted molar refractivity (Wildman–Crippen MR) is 110 cm³/mol. The summed E-state index contributed by atoms with van der Waals surface area (Å²) >= 11 is 0. The van der Waals surface area contributed by atoms with Crippen LogP contribution in [0.1, 0.15) is 46.9 Å². The quantitative estimate of drug-likeness (QED) is 0.636. The molecule has 8 heteroatoms. The van der Waals surface area contributed by atoms with Crippen LogP contribution in [0, 0.1) is 11.6 Å². The van der Waals surface area contributed by atoms with Crippen molar-refractivity contribution in [3.05, 3.63) is 65.1 Å². The summed E-state index contributed by atoms with van der Waals surface area (Å²) in [6, 6.07) is 5.03. The maximum atomic E-state index is 13.9. The van der Waals surface area contributed by atoms with Crippen molar-refractivity contribution in [1.82, 2.24) is 19.7 Å². The number of aryl methyl sites for hydroxylation is 1. The second kappa shape index (κ2) is 7.44. The van der Waals surface area contributed by atoms with Gasteiger partial charge in [-0.2, -0.15) is 5.10 Å². The van der Waals surface area contributed by atoms with E-state index in [-0.39, 0.29) is 18.0 Å². The number of benzene rings is 1. The van der Waals surface area contributed by atoms with Crippen molar-refractivity contribution < 1.29 is 18.3 Å². The van der Waals surface area contributed by atoms with Gasteiger partial charge in [0.25, 0.3) is 5.91 Å². The molecule has 31 heavy (non-hydrogen) atoms. The van der Waals surface area contributed by atoms with Crippen LogP contribution in [0.3, 0.4) is 0 Å². The summed E-state index contributed by atoms with van der Waals surface area (Å²) in [7, 11) is 3.32. The van der Waals surface area contributed by atoms with E-state index in [1.54, 1.807) is 30.2 Å². The van der Waals surface area contributed by atoms with Crippen molar-refractivity contribution in [2.24, 2.45) is 7.05 Å². The minimum absolute atomic E-state index is 0.00805. The van der Waals surface area contributed by atoms with Gasteiger partial charge in [0, 0.05) is 36.5 Å². The molecule has 1 fully saturated rings. The molecule has 0 radical (unpaired) electrons. The summed E-state index contributed by atoms with van der Waals surface area (Å²) in [4.78, 5) is 19.5. The molecule has 160 valence electrons. The van der Waals surface area contributed by atoms with Gasteiger partial charge >= 0.3 is 0 Å². The van der Waals surface area contributed by atoms with Crippen molar-refractivity contribution in [2.45, 2.75) is 37.8 Å². The number of aromatic nitrogens is 3. The minimum Gasteiger partial charge on any atom is -0.495 e. The average Bonchev–Trinajstić information content (AvgIpc) is 3.07. The summed E-state index contributed by atoms with van der Waals surface area (Å²) in [6.45, 7) is 0. The van der Waals surface area contributed by atoms with Gasteiger partial charge in [-0.3, -0.25) is 14.5 Å². The number of amides is 1. The lowest BCUT2D eigenvalue weighted by Crippen LogP contribution is -2.49. The normalized spacial score (nSPS) is 19.8. The lowest BCUT2D eigenvalue weighted by molar-refractivity contribution is 0.0391. The van der Waals surface area contributed by atoms with Crippen molar-refractivity contribution in [2.75, 3.05) is 7.11 Å². The molecule has 0 unspecified atom stereocenters. The molecule has 1 saturated heterocycles. The Morgan fingerprint density at radius 2 is 1.90 bits per heavy atom. The van der Waals surface area contributed by atoms with E-state index in [1.165, 1.54) is 19.2 Å². The molecule has 2 aliphatic rings. The van der Waals surface area contributed by atoms with Crippen molar-refractivity contribution in [3.8, 4) is 17.0 Å². The Balaban J connectivity index is 1.58. The highest BCUT2D eigenvalue weighted by molar-refractivity contribution is 5.95. The van der Waals surface area contributed by atoms with Crippen molar-refractivity contribution >= 4 is 5.91 Å². The lowest BCUT2D eigenvalue weighted by atomic mass is 9.81. The number of hydrogen-bond acceptors (Lipinski definition) is 4. The fourth-order valence-electron chi connectivity index (χ4n) is 5.00. The second-order valence-corrected chi connectivity index (χ2v) is 8.12. The smallest absolute Gasteiger partial charge is 0.256 e. The van der Waals surface area contributed by atoms with E-state index >= 15 is 0 Å². The first-order valence-electron chi connectivity index (χ1n) is 10.3. The lowest BCUT2D eigenvalue weighted by Gasteiger charge is -2.45. The summed E-state index contributed by atoms with van der Waals surface area (Å²) in [5, 5.41) is 4.71. The number of fused-ring (bicyclic) bond motifs is 4. The third-order valence-corrected chi connectivity index (χ3v) is 6.24. The van der Waals surface area contributed by atoms with Crippen molar-refractivity contribution in [3.63, 3.8) is 0 Å². The van der Waals surface area contributed by atoms with E-state index in [4.69, 9.17) is 9.84 Å². The van der Waals surface area contributed by atoms with Gasteiger partial charge in [0.1, 0.15) is 17.4 Å². The summed E-state index contributed by atoms with van der Waals surface area (Å²) in [5.74, 6) is -0.815. The number of rotatable bonds is 3. The molecule has 3 aromatic rings. The third kappa shape index (κ3) is 3.26. The SMILES string of the molecule is COc1cncc(C(=O)N2[C@@H]3CCC[C@H]2c2nn(C)c(-c4cc(F)cc(F)c4)c2C3)c1. The molecule has 6 nitrogen and oxygen atoms in total. The molecule has 2 bridgehead atoms. The first kappa shape index (κ1) is 19.7. The largest absolute Gasteiger partial charge is 0.495 e. The van der Waals surface area contributed by atoms with Gasteiger partial charge in [-0.15, -0.1) is 0 Å². The van der Waals surface area contributed by atoms with Crippen LogP contribution in [0.25, 0.3) is 11.3 Å². The number of carbonyl (C=O) groups is 1. The molecule has 2 aliphatic heterocycles. The molecule has 5 rings (SSSR count). The highest BCUT2D eigenvalue weighted by Gasteiger charge is 2.43. The molecule has 4 heterocycles. The maximum Gasteiger partial charge on any atom is 0.256 e. The molecule has 2 aromatic heterocycles. The molecule has 0 spiro atoms. The van der Waals surface area contributed by atoms with Crippen LogP contribution in [0.4, 0.5) is 8.78 Å². The van der Waals surface area contributed by atoms with Gasteiger partial charge in [-0.25, -0.2) is 8.78 Å². The van der Waals surface area contributed by atoms with Crippen LogP contribution in [-0.4, -0.2) is 38.7 Å². The van der Waals surface area contributed by atoms with Gasteiger partial charge < -0.3 is 9.64 Å². The fraction of sp³-hybridized carbons (Fsp3) is 0.348. The maximum absolute atomic E-state index is 13.9. The van der Waals surface area contributed by atoms with E-state index in [0.717, 1.165) is 36.6 Å². The van der Waals surface area contributed by atoms with Crippen LogP contribution in [0.2, 0.25) is 0 Å². The fourth-order valence-corrected chi connectivity index (χ4v) is 5.00. The van der Waals surface area contributed by atoms with E-state index in [9.17, 15) is 13.6 Å². The number of ether oxygens (including phenoxy) is 1. The summed E-state index contributed by atoms with van der Waals surface area (Å²) in [5.41, 5.74) is 3.42. The molecular weight excluding hydrogens is 402 g/mol. The average molecular weight is 424 g/mol. The Bertz CT molecular complexity index is 1160. The van der Waals surface area contributed by atoms with Crippen LogP contribution >= 0.6 is 0 Å². The van der Waals surface area contributed by atoms with Crippen molar-refractivity contribution in [1.29, 1.82) is 0 Å². The number of pyridine rings is 1. The molecule has 0 aliphatic carbocycles. The number of hydrogen-bond donors (Lipinski definition) is 0. The summed E-state index contributed by atoms with van der Waals surface area (Å²) < 4.78 is 34.7. The number of methoxy groups -OCH3 is 1. The molecule has 1 aromatic carbocycles. The monoisotopic (exact) mass is 424 g/mol. The van der Waals surface area contributed by atoms with Gasteiger partial charge in [0.15, 0.2) is 0 Å². The van der Waals surface area contributed by atoms with Gasteiger partial charge in [-0.05, 0) is 43.9 Å². The minimum atomic E-state index is -0.622. The van der Waals surface area contributed by atoms with Gasteiger partial charge in [0.2, 0.25) is 0 Å². The van der Waals surface area contributed by atoms with E-state index in [0.29, 0.717) is 29.0 Å². The first-order valence-corrected chi connectivity index (χ1v) is 10.3. The Morgan fingerprint density at radius 3 is 2.65 bits per heavy atom. The number of nitrogens with zero attached hydrogens (tertiary/aromatic N) is 4. The highest BCUT2D eigenvalue weighted by Crippen LogP contribution is 2.45. The number of halogens is 2. The first-order chi connectivity index (χ1) is 15.0. The number of carbonyl (C=O) groups excluding carboxylic acids is 1. The molecule has 0 saturated carbocycles. The molecule has 0 N–H and O–H groups in total. The standard InChI is InChI=1S/C23H22F2N4O2/c1-28-22(13-6-15(24)9-16(25)7-13)19-10-17-4-3-5-20(21(19)27-28)29(17)23(30)14-8-18(31-2)12-26-11-14/h6-9,11-12,17,20H,3-5,10H2,1-2H3/t17-,20+/m1/s1. The Kier molecular flexibility index (Phi) is 4.72. The topological polar surface area (TPSA) is 60.2 Å². The zero-order valence-electron chi connectivity index (χ0n) is 17.3.